The van der Waals surface area contributed by atoms with Gasteiger partial charge in [-0.3, -0.25) is 0 Å². The van der Waals surface area contributed by atoms with Gasteiger partial charge in [0.15, 0.2) is 0 Å². The van der Waals surface area contributed by atoms with E-state index in [4.69, 9.17) is 4.74 Å². The van der Waals surface area contributed by atoms with E-state index in [0.717, 1.165) is 17.4 Å². The van der Waals surface area contributed by atoms with E-state index >= 15 is 0 Å². The molecule has 1 N–H and O–H groups in total. The zero-order valence-corrected chi connectivity index (χ0v) is 12.8. The Labute approximate surface area is 120 Å². The largest absolute Gasteiger partial charge is 0.444 e. The Balaban J connectivity index is 2.77. The fourth-order valence-corrected chi connectivity index (χ4v) is 1.90. The number of aldehydes is 1. The van der Waals surface area contributed by atoms with Gasteiger partial charge in [-0.25, -0.2) is 4.79 Å². The lowest BCUT2D eigenvalue weighted by Gasteiger charge is -2.27. The molecule has 1 atom stereocenters. The molecule has 0 aliphatic heterocycles. The second kappa shape index (κ2) is 6.07. The summed E-state index contributed by atoms with van der Waals surface area (Å²) in [5, 5.41) is 2.64. The molecule has 0 fully saturated rings. The predicted molar refractivity (Wildman–Crippen MR) is 78.7 cm³/mol. The third-order valence-corrected chi connectivity index (χ3v) is 2.70. The first-order chi connectivity index (χ1) is 9.13. The Bertz CT molecular complexity index is 491. The lowest BCUT2D eigenvalue weighted by atomic mass is 9.94. The Morgan fingerprint density at radius 1 is 1.30 bits per heavy atom. The molecule has 1 aromatic rings. The van der Waals surface area contributed by atoms with Crippen LogP contribution in [0.2, 0.25) is 0 Å². The first-order valence-electron chi connectivity index (χ1n) is 6.67. The van der Waals surface area contributed by atoms with Gasteiger partial charge in [0.05, 0.1) is 5.54 Å². The van der Waals surface area contributed by atoms with Crippen molar-refractivity contribution in [1.29, 1.82) is 0 Å². The molecule has 1 unspecified atom stereocenters. The summed E-state index contributed by atoms with van der Waals surface area (Å²) in [6, 6.07) is 7.86. The highest BCUT2D eigenvalue weighted by molar-refractivity contribution is 5.76. The van der Waals surface area contributed by atoms with Crippen molar-refractivity contribution in [2.75, 3.05) is 0 Å². The number of aryl methyl sites for hydroxylation is 1. The zero-order valence-electron chi connectivity index (χ0n) is 12.8. The van der Waals surface area contributed by atoms with Crippen LogP contribution in [0.5, 0.6) is 0 Å². The standard InChI is InChI=1S/C16H23NO3/c1-12-7-6-8-13(9-12)10-16(5,11-18)17-14(19)20-15(2,3)4/h6-9,11H,10H2,1-5H3,(H,17,19). The minimum atomic E-state index is -0.976. The smallest absolute Gasteiger partial charge is 0.408 e. The van der Waals surface area contributed by atoms with Crippen LogP contribution >= 0.6 is 0 Å². The summed E-state index contributed by atoms with van der Waals surface area (Å²) in [6.07, 6.45) is 0.594. The Hall–Kier alpha value is -1.84. The van der Waals surface area contributed by atoms with Crippen LogP contribution in [0, 0.1) is 6.92 Å². The highest BCUT2D eigenvalue weighted by Gasteiger charge is 2.28. The average molecular weight is 277 g/mol. The van der Waals surface area contributed by atoms with Crippen molar-refractivity contribution in [2.45, 2.75) is 52.2 Å². The molecule has 110 valence electrons. The summed E-state index contributed by atoms with van der Waals surface area (Å²) in [4.78, 5) is 23.1. The molecule has 1 rings (SSSR count). The Morgan fingerprint density at radius 2 is 1.95 bits per heavy atom. The van der Waals surface area contributed by atoms with Crippen LogP contribution in [0.25, 0.3) is 0 Å². The molecule has 0 aliphatic carbocycles. The summed E-state index contributed by atoms with van der Waals surface area (Å²) < 4.78 is 5.19. The molecule has 0 aromatic heterocycles. The molecule has 0 bridgehead atoms. The number of carbonyl (C=O) groups is 2. The number of nitrogens with one attached hydrogen (secondary N) is 1. The van der Waals surface area contributed by atoms with E-state index in [-0.39, 0.29) is 0 Å². The van der Waals surface area contributed by atoms with Gasteiger partial charge in [0.25, 0.3) is 0 Å². The molecule has 0 heterocycles. The van der Waals surface area contributed by atoms with Crippen molar-refractivity contribution in [3.63, 3.8) is 0 Å². The van der Waals surface area contributed by atoms with Gasteiger partial charge in [-0.2, -0.15) is 0 Å². The van der Waals surface area contributed by atoms with E-state index in [1.807, 2.05) is 31.2 Å². The van der Waals surface area contributed by atoms with Gasteiger partial charge in [-0.15, -0.1) is 0 Å². The monoisotopic (exact) mass is 277 g/mol. The fraction of sp³-hybridized carbons (Fsp3) is 0.500. The molecule has 4 heteroatoms. The summed E-state index contributed by atoms with van der Waals surface area (Å²) >= 11 is 0. The molecular formula is C16H23NO3. The van der Waals surface area contributed by atoms with Crippen molar-refractivity contribution >= 4 is 12.4 Å². The number of amides is 1. The minimum absolute atomic E-state index is 0.428. The van der Waals surface area contributed by atoms with Crippen LogP contribution in [0.4, 0.5) is 4.79 Å². The Morgan fingerprint density at radius 3 is 2.45 bits per heavy atom. The molecule has 0 aliphatic rings. The highest BCUT2D eigenvalue weighted by Crippen LogP contribution is 2.14. The van der Waals surface area contributed by atoms with Gasteiger partial charge in [-0.05, 0) is 40.2 Å². The first kappa shape index (κ1) is 16.2. The van der Waals surface area contributed by atoms with E-state index in [0.29, 0.717) is 6.42 Å². The minimum Gasteiger partial charge on any atom is -0.444 e. The lowest BCUT2D eigenvalue weighted by Crippen LogP contribution is -2.50. The molecule has 0 saturated heterocycles. The number of ether oxygens (including phenoxy) is 1. The van der Waals surface area contributed by atoms with Crippen molar-refractivity contribution in [3.8, 4) is 0 Å². The van der Waals surface area contributed by atoms with Crippen LogP contribution in [0.3, 0.4) is 0 Å². The van der Waals surface area contributed by atoms with Crippen molar-refractivity contribution in [3.05, 3.63) is 35.4 Å². The van der Waals surface area contributed by atoms with Crippen LogP contribution < -0.4 is 5.32 Å². The lowest BCUT2D eigenvalue weighted by molar-refractivity contribution is -0.112. The van der Waals surface area contributed by atoms with Gasteiger partial charge >= 0.3 is 6.09 Å². The van der Waals surface area contributed by atoms with E-state index < -0.39 is 17.2 Å². The predicted octanol–water partition coefficient (Wildman–Crippen LogP) is 3.02. The molecule has 4 nitrogen and oxygen atoms in total. The van der Waals surface area contributed by atoms with Crippen molar-refractivity contribution in [2.24, 2.45) is 0 Å². The number of hydrogen-bond donors (Lipinski definition) is 1. The van der Waals surface area contributed by atoms with Crippen molar-refractivity contribution in [1.82, 2.24) is 5.32 Å². The fourth-order valence-electron chi connectivity index (χ4n) is 1.90. The summed E-state index contributed by atoms with van der Waals surface area (Å²) in [7, 11) is 0. The van der Waals surface area contributed by atoms with E-state index in [9.17, 15) is 9.59 Å². The molecule has 0 radical (unpaired) electrons. The van der Waals surface area contributed by atoms with Crippen LogP contribution in [0.15, 0.2) is 24.3 Å². The van der Waals surface area contributed by atoms with Crippen LogP contribution in [-0.4, -0.2) is 23.5 Å². The number of carbonyl (C=O) groups excluding carboxylic acids is 2. The van der Waals surface area contributed by atoms with E-state index in [1.165, 1.54) is 0 Å². The molecule has 1 aromatic carbocycles. The van der Waals surface area contributed by atoms with E-state index in [2.05, 4.69) is 5.32 Å². The quantitative estimate of drug-likeness (QED) is 0.861. The number of hydrogen-bond acceptors (Lipinski definition) is 3. The number of alkyl carbamates (subject to hydrolysis) is 1. The third kappa shape index (κ3) is 5.43. The van der Waals surface area contributed by atoms with Crippen LogP contribution in [-0.2, 0) is 16.0 Å². The second-order valence-electron chi connectivity index (χ2n) is 6.33. The molecule has 20 heavy (non-hydrogen) atoms. The molecule has 1 amide bonds. The SMILES string of the molecule is Cc1cccc(CC(C)(C=O)NC(=O)OC(C)(C)C)c1. The topological polar surface area (TPSA) is 55.4 Å². The maximum atomic E-state index is 11.8. The first-order valence-corrected chi connectivity index (χ1v) is 6.67. The van der Waals surface area contributed by atoms with Gasteiger partial charge in [0, 0.05) is 6.42 Å². The highest BCUT2D eigenvalue weighted by atomic mass is 16.6. The van der Waals surface area contributed by atoms with Crippen LogP contribution in [0.1, 0.15) is 38.8 Å². The molecule has 0 saturated carbocycles. The van der Waals surface area contributed by atoms with Gasteiger partial charge in [0.2, 0.25) is 0 Å². The molecular weight excluding hydrogens is 254 g/mol. The van der Waals surface area contributed by atoms with E-state index in [1.54, 1.807) is 27.7 Å². The maximum Gasteiger partial charge on any atom is 0.408 e. The third-order valence-electron chi connectivity index (χ3n) is 2.70. The number of rotatable bonds is 4. The molecule has 0 spiro atoms. The average Bonchev–Trinajstić information content (AvgIpc) is 2.25. The van der Waals surface area contributed by atoms with Gasteiger partial charge in [0.1, 0.15) is 11.9 Å². The normalized spacial score (nSPS) is 14.2. The number of benzene rings is 1. The summed E-state index contributed by atoms with van der Waals surface area (Å²) in [6.45, 7) is 9.03. The van der Waals surface area contributed by atoms with Crippen molar-refractivity contribution < 1.29 is 14.3 Å². The van der Waals surface area contributed by atoms with Gasteiger partial charge in [-0.1, -0.05) is 29.8 Å². The summed E-state index contributed by atoms with van der Waals surface area (Å²) in [5.41, 5.74) is 0.552. The zero-order chi connectivity index (χ0) is 15.4. The Kier molecular flexibility index (Phi) is 4.93. The maximum absolute atomic E-state index is 11.8. The summed E-state index contributed by atoms with van der Waals surface area (Å²) in [5.74, 6) is 0. The van der Waals surface area contributed by atoms with Gasteiger partial charge < -0.3 is 14.8 Å². The second-order valence-corrected chi connectivity index (χ2v) is 6.33.